The fourth-order valence-corrected chi connectivity index (χ4v) is 5.21. The minimum Gasteiger partial charge on any atom is -0.500 e. The number of ether oxygens (including phenoxy) is 3. The second-order valence-electron chi connectivity index (χ2n) is 7.94. The van der Waals surface area contributed by atoms with Gasteiger partial charge in [-0.15, -0.1) is 0 Å². The number of rotatable bonds is 5. The summed E-state index contributed by atoms with van der Waals surface area (Å²) in [6.07, 6.45) is 1.40. The average molecular weight is 430 g/mol. The lowest BCUT2D eigenvalue weighted by atomic mass is 9.47. The van der Waals surface area contributed by atoms with Gasteiger partial charge in [0.2, 0.25) is 0 Å². The van der Waals surface area contributed by atoms with E-state index in [0.29, 0.717) is 17.3 Å². The second-order valence-corrected chi connectivity index (χ2v) is 7.94. The van der Waals surface area contributed by atoms with Crippen molar-refractivity contribution < 1.29 is 23.4 Å². The highest BCUT2D eigenvalue weighted by atomic mass is 16.6. The fourth-order valence-electron chi connectivity index (χ4n) is 5.21. The quantitative estimate of drug-likeness (QED) is 0.567. The highest BCUT2D eigenvalue weighted by Crippen LogP contribution is 2.69. The smallest absolute Gasteiger partial charge is 0.339 e. The SMILES string of the molecule is COC1=CC(=O)OC2(c3ccccc3)C1C(c1ccccc1)C2c1cc(OC)cc(=O)o1. The van der Waals surface area contributed by atoms with E-state index in [2.05, 4.69) is 0 Å². The molecule has 5 rings (SSSR count). The Morgan fingerprint density at radius 1 is 0.844 bits per heavy atom. The summed E-state index contributed by atoms with van der Waals surface area (Å²) in [5.74, 6) is -0.0950. The number of benzene rings is 2. The van der Waals surface area contributed by atoms with Crippen molar-refractivity contribution in [1.29, 1.82) is 0 Å². The van der Waals surface area contributed by atoms with Crippen LogP contribution in [0.1, 0.15) is 28.7 Å². The monoisotopic (exact) mass is 430 g/mol. The molecule has 1 aliphatic heterocycles. The summed E-state index contributed by atoms with van der Waals surface area (Å²) in [4.78, 5) is 25.1. The van der Waals surface area contributed by atoms with Crippen LogP contribution < -0.4 is 10.4 Å². The molecule has 32 heavy (non-hydrogen) atoms. The Hall–Kier alpha value is -3.80. The van der Waals surface area contributed by atoms with Gasteiger partial charge < -0.3 is 18.6 Å². The number of esters is 1. The van der Waals surface area contributed by atoms with E-state index >= 15 is 0 Å². The Bertz CT molecular complexity index is 1230. The van der Waals surface area contributed by atoms with E-state index < -0.39 is 23.1 Å². The van der Waals surface area contributed by atoms with Crippen LogP contribution in [-0.4, -0.2) is 20.2 Å². The molecule has 1 fully saturated rings. The van der Waals surface area contributed by atoms with Crippen molar-refractivity contribution in [2.24, 2.45) is 5.92 Å². The molecule has 4 atom stereocenters. The van der Waals surface area contributed by atoms with Gasteiger partial charge in [-0.1, -0.05) is 60.7 Å². The molecule has 0 spiro atoms. The van der Waals surface area contributed by atoms with Gasteiger partial charge in [-0.25, -0.2) is 9.59 Å². The lowest BCUT2D eigenvalue weighted by Crippen LogP contribution is -2.61. The molecule has 3 aromatic rings. The van der Waals surface area contributed by atoms with Gasteiger partial charge in [0.1, 0.15) is 17.3 Å². The third-order valence-corrected chi connectivity index (χ3v) is 6.43. The molecule has 6 nitrogen and oxygen atoms in total. The van der Waals surface area contributed by atoms with E-state index in [9.17, 15) is 9.59 Å². The number of hydrogen-bond acceptors (Lipinski definition) is 6. The molecular weight excluding hydrogens is 408 g/mol. The van der Waals surface area contributed by atoms with Gasteiger partial charge in [0.15, 0.2) is 5.60 Å². The molecule has 2 aromatic carbocycles. The van der Waals surface area contributed by atoms with E-state index in [1.165, 1.54) is 19.3 Å². The Morgan fingerprint density at radius 3 is 2.19 bits per heavy atom. The molecular formula is C26H22O6. The van der Waals surface area contributed by atoms with Gasteiger partial charge in [-0.2, -0.15) is 0 Å². The summed E-state index contributed by atoms with van der Waals surface area (Å²) in [7, 11) is 3.05. The summed E-state index contributed by atoms with van der Waals surface area (Å²) in [6, 6.07) is 22.4. The van der Waals surface area contributed by atoms with Crippen LogP contribution in [0.25, 0.3) is 0 Å². The first-order valence-corrected chi connectivity index (χ1v) is 10.4. The zero-order chi connectivity index (χ0) is 22.3. The molecule has 2 heterocycles. The predicted molar refractivity (Wildman–Crippen MR) is 116 cm³/mol. The minimum atomic E-state index is -1.10. The zero-order valence-corrected chi connectivity index (χ0v) is 17.7. The van der Waals surface area contributed by atoms with Crippen molar-refractivity contribution in [2.75, 3.05) is 14.2 Å². The third-order valence-electron chi connectivity index (χ3n) is 6.43. The second kappa shape index (κ2) is 7.71. The summed E-state index contributed by atoms with van der Waals surface area (Å²) >= 11 is 0. The van der Waals surface area contributed by atoms with E-state index in [0.717, 1.165) is 11.1 Å². The normalized spacial score (nSPS) is 26.2. The highest BCUT2D eigenvalue weighted by Gasteiger charge is 2.70. The molecule has 0 bridgehead atoms. The van der Waals surface area contributed by atoms with Crippen LogP contribution >= 0.6 is 0 Å². The van der Waals surface area contributed by atoms with Crippen molar-refractivity contribution >= 4 is 5.97 Å². The largest absolute Gasteiger partial charge is 0.500 e. The highest BCUT2D eigenvalue weighted by molar-refractivity contribution is 5.85. The summed E-state index contributed by atoms with van der Waals surface area (Å²) < 4.78 is 22.8. The van der Waals surface area contributed by atoms with Gasteiger partial charge in [0.25, 0.3) is 0 Å². The van der Waals surface area contributed by atoms with Crippen molar-refractivity contribution in [3.63, 3.8) is 0 Å². The van der Waals surface area contributed by atoms with Crippen LogP contribution in [0.3, 0.4) is 0 Å². The van der Waals surface area contributed by atoms with Gasteiger partial charge in [0.05, 0.1) is 38.2 Å². The molecule has 6 heteroatoms. The zero-order valence-electron chi connectivity index (χ0n) is 17.7. The topological polar surface area (TPSA) is 75.0 Å². The maximum atomic E-state index is 12.7. The molecule has 1 aliphatic carbocycles. The van der Waals surface area contributed by atoms with Crippen LogP contribution in [0.15, 0.2) is 93.8 Å². The first-order valence-electron chi connectivity index (χ1n) is 10.4. The number of carbonyl (C=O) groups is 1. The number of hydrogen-bond donors (Lipinski definition) is 0. The van der Waals surface area contributed by atoms with E-state index in [-0.39, 0.29) is 11.8 Å². The predicted octanol–water partition coefficient (Wildman–Crippen LogP) is 4.13. The maximum Gasteiger partial charge on any atom is 0.339 e. The molecule has 0 amide bonds. The van der Waals surface area contributed by atoms with Gasteiger partial charge in [0, 0.05) is 12.0 Å². The van der Waals surface area contributed by atoms with Gasteiger partial charge >= 0.3 is 11.6 Å². The van der Waals surface area contributed by atoms with Crippen LogP contribution in [0.5, 0.6) is 5.75 Å². The van der Waals surface area contributed by atoms with Crippen molar-refractivity contribution in [1.82, 2.24) is 0 Å². The average Bonchev–Trinajstić information content (AvgIpc) is 2.81. The van der Waals surface area contributed by atoms with Crippen molar-refractivity contribution in [3.8, 4) is 5.75 Å². The molecule has 0 saturated heterocycles. The molecule has 0 N–H and O–H groups in total. The van der Waals surface area contributed by atoms with Crippen LogP contribution in [0, 0.1) is 5.92 Å². The molecule has 1 saturated carbocycles. The fraction of sp³-hybridized carbons (Fsp3) is 0.231. The Balaban J connectivity index is 1.79. The van der Waals surface area contributed by atoms with Crippen molar-refractivity contribution in [3.05, 3.63) is 112 Å². The standard InChI is InChI=1S/C26H22O6/c1-29-18-13-20(31-21(27)14-18)25-23(16-9-5-3-6-10-16)24-19(30-2)15-22(28)32-26(24,25)17-11-7-4-8-12-17/h3-15,23-25H,1-2H3. The van der Waals surface area contributed by atoms with E-state index in [1.54, 1.807) is 13.2 Å². The van der Waals surface area contributed by atoms with Crippen LogP contribution in [-0.2, 0) is 19.9 Å². The van der Waals surface area contributed by atoms with E-state index in [1.807, 2.05) is 60.7 Å². The summed E-state index contributed by atoms with van der Waals surface area (Å²) in [6.45, 7) is 0. The van der Waals surface area contributed by atoms with Crippen LogP contribution in [0.4, 0.5) is 0 Å². The molecule has 0 radical (unpaired) electrons. The maximum absolute atomic E-state index is 12.7. The number of fused-ring (bicyclic) bond motifs is 1. The molecule has 2 aliphatic rings. The lowest BCUT2D eigenvalue weighted by Gasteiger charge is -2.61. The molecule has 162 valence electrons. The Kier molecular flexibility index (Phi) is 4.85. The van der Waals surface area contributed by atoms with E-state index in [4.69, 9.17) is 18.6 Å². The molecule has 4 unspecified atom stereocenters. The summed E-state index contributed by atoms with van der Waals surface area (Å²) in [5.41, 5.74) is 0.216. The number of carbonyl (C=O) groups excluding carboxylic acids is 1. The first-order chi connectivity index (χ1) is 15.6. The van der Waals surface area contributed by atoms with Crippen LogP contribution in [0.2, 0.25) is 0 Å². The van der Waals surface area contributed by atoms with Gasteiger partial charge in [-0.05, 0) is 11.1 Å². The minimum absolute atomic E-state index is 0.161. The first kappa shape index (κ1) is 20.1. The Morgan fingerprint density at radius 2 is 1.53 bits per heavy atom. The Labute approximate surface area is 185 Å². The van der Waals surface area contributed by atoms with Gasteiger partial charge in [-0.3, -0.25) is 0 Å². The number of methoxy groups -OCH3 is 2. The molecule has 1 aromatic heterocycles. The third kappa shape index (κ3) is 2.94. The summed E-state index contributed by atoms with van der Waals surface area (Å²) in [5, 5.41) is 0. The lowest BCUT2D eigenvalue weighted by molar-refractivity contribution is -0.203. The van der Waals surface area contributed by atoms with Crippen molar-refractivity contribution in [2.45, 2.75) is 17.4 Å².